The first-order valence-electron chi connectivity index (χ1n) is 6.52. The van der Waals surface area contributed by atoms with Gasteiger partial charge in [-0.3, -0.25) is 9.78 Å². The van der Waals surface area contributed by atoms with Crippen LogP contribution in [0.4, 0.5) is 10.1 Å². The second-order valence-corrected chi connectivity index (χ2v) is 4.41. The van der Waals surface area contributed by atoms with E-state index in [0.29, 0.717) is 18.8 Å². The zero-order valence-electron chi connectivity index (χ0n) is 11.5. The molecule has 0 bridgehead atoms. The highest BCUT2D eigenvalue weighted by Crippen LogP contribution is 2.11. The van der Waals surface area contributed by atoms with Crippen molar-refractivity contribution in [2.45, 2.75) is 6.54 Å². The van der Waals surface area contributed by atoms with E-state index in [2.05, 4.69) is 22.2 Å². The molecule has 0 aliphatic carbocycles. The molecule has 0 spiro atoms. The van der Waals surface area contributed by atoms with E-state index in [9.17, 15) is 9.18 Å². The van der Waals surface area contributed by atoms with Crippen LogP contribution in [0.5, 0.6) is 0 Å². The molecule has 108 valence electrons. The largest absolute Gasteiger partial charge is 0.381 e. The van der Waals surface area contributed by atoms with Gasteiger partial charge in [0.05, 0.1) is 0 Å². The van der Waals surface area contributed by atoms with Crippen molar-refractivity contribution in [2.75, 3.05) is 11.9 Å². The Balaban J connectivity index is 1.99. The first kappa shape index (κ1) is 14.7. The summed E-state index contributed by atoms with van der Waals surface area (Å²) in [5.41, 5.74) is 2.06. The Labute approximate surface area is 122 Å². The van der Waals surface area contributed by atoms with Crippen LogP contribution in [0.1, 0.15) is 16.1 Å². The minimum atomic E-state index is -0.260. The summed E-state index contributed by atoms with van der Waals surface area (Å²) >= 11 is 0. The van der Waals surface area contributed by atoms with Crippen molar-refractivity contribution in [3.05, 3.63) is 72.3 Å². The maximum absolute atomic E-state index is 12.8. The van der Waals surface area contributed by atoms with E-state index in [1.165, 1.54) is 12.1 Å². The Bertz CT molecular complexity index is 626. The molecular weight excluding hydrogens is 269 g/mol. The summed E-state index contributed by atoms with van der Waals surface area (Å²) in [5.74, 6) is -0.510. The van der Waals surface area contributed by atoms with E-state index >= 15 is 0 Å². The van der Waals surface area contributed by atoms with Gasteiger partial charge in [-0.15, -0.1) is 6.58 Å². The lowest BCUT2D eigenvalue weighted by atomic mass is 10.2. The second kappa shape index (κ2) is 7.19. The number of nitrogens with one attached hydrogen (secondary N) is 2. The van der Waals surface area contributed by atoms with Crippen LogP contribution >= 0.6 is 0 Å². The number of carbonyl (C=O) groups excluding carboxylic acids is 1. The lowest BCUT2D eigenvalue weighted by Gasteiger charge is -2.08. The fraction of sp³-hybridized carbons (Fsp3) is 0.125. The minimum Gasteiger partial charge on any atom is -0.381 e. The number of aromatic nitrogens is 1. The van der Waals surface area contributed by atoms with Gasteiger partial charge in [-0.05, 0) is 29.8 Å². The molecular formula is C16H16FN3O. The molecule has 0 radical (unpaired) electrons. The molecule has 1 aromatic heterocycles. The lowest BCUT2D eigenvalue weighted by molar-refractivity contribution is 0.0953. The molecule has 1 heterocycles. The summed E-state index contributed by atoms with van der Waals surface area (Å²) in [6, 6.07) is 9.69. The fourth-order valence-corrected chi connectivity index (χ4v) is 1.73. The molecule has 0 saturated carbocycles. The van der Waals surface area contributed by atoms with Crippen molar-refractivity contribution in [1.29, 1.82) is 0 Å². The highest BCUT2D eigenvalue weighted by atomic mass is 19.1. The Kier molecular flexibility index (Phi) is 5.04. The van der Waals surface area contributed by atoms with Gasteiger partial charge in [0.25, 0.3) is 5.91 Å². The van der Waals surface area contributed by atoms with Gasteiger partial charge < -0.3 is 10.6 Å². The SMILES string of the molecule is C=CCNC(=O)c1cc(NCc2ccc(F)cc2)ccn1. The highest BCUT2D eigenvalue weighted by Gasteiger charge is 2.06. The molecule has 2 aromatic rings. The Morgan fingerprint density at radius 2 is 2.05 bits per heavy atom. The monoisotopic (exact) mass is 285 g/mol. The number of rotatable bonds is 6. The van der Waals surface area contributed by atoms with Gasteiger partial charge in [0.2, 0.25) is 0 Å². The van der Waals surface area contributed by atoms with E-state index in [1.54, 1.807) is 36.5 Å². The Hall–Kier alpha value is -2.69. The van der Waals surface area contributed by atoms with Crippen LogP contribution in [0.3, 0.4) is 0 Å². The smallest absolute Gasteiger partial charge is 0.270 e. The quantitative estimate of drug-likeness (QED) is 0.802. The number of benzene rings is 1. The third-order valence-corrected chi connectivity index (χ3v) is 2.81. The number of amides is 1. The molecule has 0 saturated heterocycles. The van der Waals surface area contributed by atoms with Gasteiger partial charge in [0, 0.05) is 25.0 Å². The Morgan fingerprint density at radius 1 is 1.29 bits per heavy atom. The molecule has 1 aromatic carbocycles. The number of hydrogen-bond donors (Lipinski definition) is 2. The van der Waals surface area contributed by atoms with Crippen LogP contribution in [-0.4, -0.2) is 17.4 Å². The van der Waals surface area contributed by atoms with Crippen LogP contribution in [0, 0.1) is 5.82 Å². The number of carbonyl (C=O) groups is 1. The topological polar surface area (TPSA) is 54.0 Å². The van der Waals surface area contributed by atoms with Gasteiger partial charge in [-0.25, -0.2) is 4.39 Å². The molecule has 0 aliphatic rings. The maximum atomic E-state index is 12.8. The summed E-state index contributed by atoms with van der Waals surface area (Å²) in [5, 5.41) is 5.84. The zero-order chi connectivity index (χ0) is 15.1. The zero-order valence-corrected chi connectivity index (χ0v) is 11.5. The van der Waals surface area contributed by atoms with Crippen molar-refractivity contribution in [3.8, 4) is 0 Å². The summed E-state index contributed by atoms with van der Waals surface area (Å²) in [6.07, 6.45) is 3.17. The minimum absolute atomic E-state index is 0.250. The lowest BCUT2D eigenvalue weighted by Crippen LogP contribution is -2.24. The van der Waals surface area contributed by atoms with Crippen molar-refractivity contribution in [3.63, 3.8) is 0 Å². The second-order valence-electron chi connectivity index (χ2n) is 4.41. The predicted octanol–water partition coefficient (Wildman–Crippen LogP) is 2.75. The van der Waals surface area contributed by atoms with Crippen LogP contribution in [0.2, 0.25) is 0 Å². The molecule has 21 heavy (non-hydrogen) atoms. The average molecular weight is 285 g/mol. The van der Waals surface area contributed by atoms with Gasteiger partial charge in [-0.2, -0.15) is 0 Å². The average Bonchev–Trinajstić information content (AvgIpc) is 2.52. The molecule has 0 unspecified atom stereocenters. The van der Waals surface area contributed by atoms with Gasteiger partial charge in [0.15, 0.2) is 0 Å². The summed E-state index contributed by atoms with van der Waals surface area (Å²) in [4.78, 5) is 15.8. The number of halogens is 1. The number of pyridine rings is 1. The summed E-state index contributed by atoms with van der Waals surface area (Å²) in [7, 11) is 0. The van der Waals surface area contributed by atoms with E-state index in [0.717, 1.165) is 11.3 Å². The van der Waals surface area contributed by atoms with Crippen molar-refractivity contribution in [1.82, 2.24) is 10.3 Å². The number of anilines is 1. The first-order chi connectivity index (χ1) is 10.2. The standard InChI is InChI=1S/C16H16FN3O/c1-2-8-19-16(21)15-10-14(7-9-18-15)20-11-12-3-5-13(17)6-4-12/h2-7,9-10H,1,8,11H2,(H,18,20)(H,19,21). The van der Waals surface area contributed by atoms with Crippen molar-refractivity contribution in [2.24, 2.45) is 0 Å². The van der Waals surface area contributed by atoms with Gasteiger partial charge >= 0.3 is 0 Å². The van der Waals surface area contributed by atoms with Crippen molar-refractivity contribution < 1.29 is 9.18 Å². The molecule has 4 nitrogen and oxygen atoms in total. The summed E-state index contributed by atoms with van der Waals surface area (Å²) < 4.78 is 12.8. The van der Waals surface area contributed by atoms with E-state index in [1.807, 2.05) is 0 Å². The van der Waals surface area contributed by atoms with Crippen molar-refractivity contribution >= 4 is 11.6 Å². The molecule has 1 amide bonds. The normalized spacial score (nSPS) is 9.95. The third kappa shape index (κ3) is 4.42. The molecule has 5 heteroatoms. The van der Waals surface area contributed by atoms with E-state index in [-0.39, 0.29) is 11.7 Å². The number of hydrogen-bond acceptors (Lipinski definition) is 3. The molecule has 2 rings (SSSR count). The molecule has 0 fully saturated rings. The molecule has 0 atom stereocenters. The first-order valence-corrected chi connectivity index (χ1v) is 6.52. The molecule has 2 N–H and O–H groups in total. The van der Waals surface area contributed by atoms with Gasteiger partial charge in [0.1, 0.15) is 11.5 Å². The van der Waals surface area contributed by atoms with Crippen LogP contribution in [0.15, 0.2) is 55.3 Å². The van der Waals surface area contributed by atoms with E-state index < -0.39 is 0 Å². The van der Waals surface area contributed by atoms with E-state index in [4.69, 9.17) is 0 Å². The Morgan fingerprint density at radius 3 is 2.76 bits per heavy atom. The maximum Gasteiger partial charge on any atom is 0.270 e. The predicted molar refractivity (Wildman–Crippen MR) is 80.5 cm³/mol. The highest BCUT2D eigenvalue weighted by molar-refractivity contribution is 5.93. The van der Waals surface area contributed by atoms with Gasteiger partial charge in [-0.1, -0.05) is 18.2 Å². The summed E-state index contributed by atoms with van der Waals surface area (Å²) in [6.45, 7) is 4.48. The molecule has 0 aliphatic heterocycles. The fourth-order valence-electron chi connectivity index (χ4n) is 1.73. The van der Waals surface area contributed by atoms with Crippen LogP contribution < -0.4 is 10.6 Å². The number of nitrogens with zero attached hydrogens (tertiary/aromatic N) is 1. The van der Waals surface area contributed by atoms with Crippen LogP contribution in [-0.2, 0) is 6.54 Å². The third-order valence-electron chi connectivity index (χ3n) is 2.81. The van der Waals surface area contributed by atoms with Crippen LogP contribution in [0.25, 0.3) is 0 Å².